The summed E-state index contributed by atoms with van der Waals surface area (Å²) in [5.41, 5.74) is 2.43. The molecule has 2 amide bonds. The Morgan fingerprint density at radius 3 is 2.75 bits per heavy atom. The number of fused-ring (bicyclic) bond motifs is 1. The van der Waals surface area contributed by atoms with Crippen LogP contribution >= 0.6 is 0 Å². The minimum Gasteiger partial charge on any atom is -0.505 e. The van der Waals surface area contributed by atoms with Crippen LogP contribution in [0.5, 0.6) is 11.5 Å². The van der Waals surface area contributed by atoms with E-state index in [1.165, 1.54) is 4.90 Å². The lowest BCUT2D eigenvalue weighted by molar-refractivity contribution is -0.116. The van der Waals surface area contributed by atoms with Gasteiger partial charge in [-0.1, -0.05) is 12.1 Å². The Balaban J connectivity index is 1.73. The number of aryl methyl sites for hydroxylation is 1. The number of phenolic OH excluding ortho intramolecular Hbond substituents is 1. The number of rotatable bonds is 4. The first kappa shape index (κ1) is 19.5. The molecule has 7 nitrogen and oxygen atoms in total. The van der Waals surface area contributed by atoms with E-state index in [0.29, 0.717) is 29.2 Å². The van der Waals surface area contributed by atoms with Gasteiger partial charge in [0, 0.05) is 26.7 Å². The van der Waals surface area contributed by atoms with E-state index in [2.05, 4.69) is 5.32 Å². The van der Waals surface area contributed by atoms with E-state index in [0.717, 1.165) is 5.69 Å². The number of carbonyl (C=O) groups is 2. The summed E-state index contributed by atoms with van der Waals surface area (Å²) in [4.78, 5) is 28.2. The zero-order chi connectivity index (χ0) is 20.4. The quantitative estimate of drug-likeness (QED) is 0.793. The van der Waals surface area contributed by atoms with E-state index < -0.39 is 0 Å². The minimum absolute atomic E-state index is 0.0706. The summed E-state index contributed by atoms with van der Waals surface area (Å²) in [5, 5.41) is 12.8. The Bertz CT molecular complexity index is 911. The molecule has 0 radical (unpaired) electrons. The molecule has 0 aromatic heterocycles. The molecule has 0 fully saturated rings. The number of aromatic hydroxyl groups is 1. The van der Waals surface area contributed by atoms with Crippen LogP contribution in [-0.4, -0.2) is 55.6 Å². The molecule has 1 unspecified atom stereocenters. The maximum Gasteiger partial charge on any atom is 0.253 e. The van der Waals surface area contributed by atoms with Gasteiger partial charge in [-0.25, -0.2) is 0 Å². The van der Waals surface area contributed by atoms with Gasteiger partial charge in [0.2, 0.25) is 5.91 Å². The number of carbonyl (C=O) groups excluding carboxylic acids is 2. The Morgan fingerprint density at radius 1 is 1.29 bits per heavy atom. The van der Waals surface area contributed by atoms with Crippen molar-refractivity contribution in [3.05, 3.63) is 47.5 Å². The third-order valence-electron chi connectivity index (χ3n) is 4.90. The molecule has 1 atom stereocenters. The van der Waals surface area contributed by atoms with Crippen molar-refractivity contribution in [2.24, 2.45) is 0 Å². The number of nitrogens with one attached hydrogen (secondary N) is 1. The first-order chi connectivity index (χ1) is 13.3. The second-order valence-corrected chi connectivity index (χ2v) is 7.18. The molecule has 0 spiro atoms. The predicted molar refractivity (Wildman–Crippen MR) is 108 cm³/mol. The third-order valence-corrected chi connectivity index (χ3v) is 4.90. The van der Waals surface area contributed by atoms with Crippen LogP contribution in [0.4, 0.5) is 11.4 Å². The van der Waals surface area contributed by atoms with Crippen molar-refractivity contribution in [3.63, 3.8) is 0 Å². The SMILES string of the molecule is Cc1cccc(NC(=O)CC2COc3ccc(C(=O)N(C)C)cc3N2C)c1O. The van der Waals surface area contributed by atoms with E-state index in [1.54, 1.807) is 57.4 Å². The highest BCUT2D eigenvalue weighted by molar-refractivity contribution is 5.96. The zero-order valence-electron chi connectivity index (χ0n) is 16.5. The summed E-state index contributed by atoms with van der Waals surface area (Å²) >= 11 is 0. The molecule has 28 heavy (non-hydrogen) atoms. The first-order valence-corrected chi connectivity index (χ1v) is 9.07. The predicted octanol–water partition coefficient (Wildman–Crippen LogP) is 2.63. The fraction of sp³-hybridized carbons (Fsp3) is 0.333. The number of para-hydroxylation sites is 1. The lowest BCUT2D eigenvalue weighted by atomic mass is 10.1. The number of amides is 2. The first-order valence-electron chi connectivity index (χ1n) is 9.07. The van der Waals surface area contributed by atoms with Crippen LogP contribution in [0.1, 0.15) is 22.3 Å². The summed E-state index contributed by atoms with van der Waals surface area (Å²) in [6.45, 7) is 2.13. The molecule has 0 bridgehead atoms. The average Bonchev–Trinajstić information content (AvgIpc) is 2.67. The van der Waals surface area contributed by atoms with E-state index in [9.17, 15) is 14.7 Å². The van der Waals surface area contributed by atoms with Crippen molar-refractivity contribution in [3.8, 4) is 11.5 Å². The number of hydrogen-bond donors (Lipinski definition) is 2. The maximum absolute atomic E-state index is 12.5. The van der Waals surface area contributed by atoms with Crippen LogP contribution in [0.3, 0.4) is 0 Å². The second kappa shape index (κ2) is 7.80. The van der Waals surface area contributed by atoms with E-state index >= 15 is 0 Å². The van der Waals surface area contributed by atoms with Gasteiger partial charge in [-0.3, -0.25) is 9.59 Å². The number of likely N-dealkylation sites (N-methyl/N-ethyl adjacent to an activating group) is 1. The summed E-state index contributed by atoms with van der Waals surface area (Å²) < 4.78 is 5.80. The minimum atomic E-state index is -0.217. The lowest BCUT2D eigenvalue weighted by Gasteiger charge is -2.35. The fourth-order valence-corrected chi connectivity index (χ4v) is 3.17. The number of ether oxygens (including phenoxy) is 1. The number of nitrogens with zero attached hydrogens (tertiary/aromatic N) is 2. The van der Waals surface area contributed by atoms with Gasteiger partial charge in [0.1, 0.15) is 18.1 Å². The molecule has 0 aliphatic carbocycles. The highest BCUT2D eigenvalue weighted by Gasteiger charge is 2.28. The molecule has 2 N–H and O–H groups in total. The largest absolute Gasteiger partial charge is 0.505 e. The molecular weight excluding hydrogens is 358 g/mol. The summed E-state index contributed by atoms with van der Waals surface area (Å²) in [6, 6.07) is 10.3. The molecule has 1 heterocycles. The van der Waals surface area contributed by atoms with Gasteiger partial charge in [0.25, 0.3) is 5.91 Å². The van der Waals surface area contributed by atoms with Crippen LogP contribution in [0.25, 0.3) is 0 Å². The van der Waals surface area contributed by atoms with Gasteiger partial charge in [-0.05, 0) is 36.8 Å². The van der Waals surface area contributed by atoms with Gasteiger partial charge in [0.15, 0.2) is 0 Å². The van der Waals surface area contributed by atoms with Gasteiger partial charge in [-0.15, -0.1) is 0 Å². The molecule has 2 aromatic carbocycles. The third kappa shape index (κ3) is 3.88. The molecule has 0 saturated heterocycles. The van der Waals surface area contributed by atoms with Crippen molar-refractivity contribution in [2.45, 2.75) is 19.4 Å². The Hall–Kier alpha value is -3.22. The van der Waals surface area contributed by atoms with Gasteiger partial charge in [0.05, 0.1) is 23.8 Å². The Labute approximate surface area is 164 Å². The van der Waals surface area contributed by atoms with Gasteiger partial charge >= 0.3 is 0 Å². The molecule has 2 aromatic rings. The fourth-order valence-electron chi connectivity index (χ4n) is 3.17. The van der Waals surface area contributed by atoms with Gasteiger partial charge < -0.3 is 25.0 Å². The standard InChI is InChI=1S/C21H25N3O4/c1-13-6-5-7-16(20(13)26)22-19(25)11-15-12-28-18-9-8-14(21(27)23(2)3)10-17(18)24(15)4/h5-10,15,26H,11-12H2,1-4H3,(H,22,25). The molecule has 3 rings (SSSR count). The smallest absolute Gasteiger partial charge is 0.253 e. The van der Waals surface area contributed by atoms with Crippen molar-refractivity contribution in [2.75, 3.05) is 38.0 Å². The van der Waals surface area contributed by atoms with Crippen LogP contribution in [0.2, 0.25) is 0 Å². The van der Waals surface area contributed by atoms with Gasteiger partial charge in [-0.2, -0.15) is 0 Å². The van der Waals surface area contributed by atoms with Crippen LogP contribution in [0, 0.1) is 6.92 Å². The number of benzene rings is 2. The molecule has 1 aliphatic heterocycles. The van der Waals surface area contributed by atoms with Crippen LogP contribution in [0.15, 0.2) is 36.4 Å². The van der Waals surface area contributed by atoms with E-state index in [1.807, 2.05) is 11.9 Å². The van der Waals surface area contributed by atoms with E-state index in [-0.39, 0.29) is 30.0 Å². The second-order valence-electron chi connectivity index (χ2n) is 7.18. The highest BCUT2D eigenvalue weighted by Crippen LogP contribution is 2.35. The van der Waals surface area contributed by atoms with Crippen molar-refractivity contribution < 1.29 is 19.4 Å². The normalized spacial score (nSPS) is 15.4. The lowest BCUT2D eigenvalue weighted by Crippen LogP contribution is -2.42. The monoisotopic (exact) mass is 383 g/mol. The number of anilines is 2. The molecule has 0 saturated carbocycles. The average molecular weight is 383 g/mol. The molecule has 1 aliphatic rings. The number of hydrogen-bond acceptors (Lipinski definition) is 5. The Kier molecular flexibility index (Phi) is 5.44. The van der Waals surface area contributed by atoms with Crippen LogP contribution in [-0.2, 0) is 4.79 Å². The molecular formula is C21H25N3O4. The summed E-state index contributed by atoms with van der Waals surface area (Å²) in [6.07, 6.45) is 0.190. The highest BCUT2D eigenvalue weighted by atomic mass is 16.5. The molecule has 7 heteroatoms. The Morgan fingerprint density at radius 2 is 2.04 bits per heavy atom. The van der Waals surface area contributed by atoms with Crippen molar-refractivity contribution in [1.29, 1.82) is 0 Å². The van der Waals surface area contributed by atoms with E-state index in [4.69, 9.17) is 4.74 Å². The zero-order valence-corrected chi connectivity index (χ0v) is 16.5. The topological polar surface area (TPSA) is 82.1 Å². The van der Waals surface area contributed by atoms with Crippen LogP contribution < -0.4 is 15.0 Å². The number of phenols is 1. The van der Waals surface area contributed by atoms with Crippen molar-refractivity contribution >= 4 is 23.2 Å². The summed E-state index contributed by atoms with van der Waals surface area (Å²) in [7, 11) is 5.29. The summed E-state index contributed by atoms with van der Waals surface area (Å²) in [5.74, 6) is 0.448. The molecule has 148 valence electrons. The van der Waals surface area contributed by atoms with Crippen molar-refractivity contribution in [1.82, 2.24) is 4.90 Å². The maximum atomic E-state index is 12.5.